The van der Waals surface area contributed by atoms with Crippen LogP contribution in [-0.4, -0.2) is 9.78 Å². The standard InChI is InChI=1S/C17H17ClN3/c1-14-5-2-3-7-16(14)11-21-13-20(12-19-21)10-15-6-4-8-17(18)9-15/h2-9,12-13H,10-11H2,1H3/q+1. The summed E-state index contributed by atoms with van der Waals surface area (Å²) in [4.78, 5) is 0. The SMILES string of the molecule is Cc1ccccc1Cn1c[n+](Cc2cccc(Cl)c2)cn1. The predicted octanol–water partition coefficient (Wildman–Crippen LogP) is 3.23. The van der Waals surface area contributed by atoms with E-state index in [9.17, 15) is 0 Å². The maximum absolute atomic E-state index is 6.01. The van der Waals surface area contributed by atoms with Crippen molar-refractivity contribution >= 4 is 11.6 Å². The molecule has 0 amide bonds. The zero-order valence-electron chi connectivity index (χ0n) is 11.9. The Morgan fingerprint density at radius 2 is 2.00 bits per heavy atom. The van der Waals surface area contributed by atoms with Gasteiger partial charge in [-0.05, 0) is 35.7 Å². The Labute approximate surface area is 129 Å². The van der Waals surface area contributed by atoms with E-state index in [1.54, 1.807) is 0 Å². The van der Waals surface area contributed by atoms with Crippen LogP contribution in [0.5, 0.6) is 0 Å². The third-order valence-electron chi connectivity index (χ3n) is 3.48. The van der Waals surface area contributed by atoms with Gasteiger partial charge in [0.05, 0.1) is 6.54 Å². The number of rotatable bonds is 4. The molecule has 4 heteroatoms. The number of nitrogens with zero attached hydrogens (tertiary/aromatic N) is 3. The summed E-state index contributed by atoms with van der Waals surface area (Å²) in [6.45, 7) is 3.68. The van der Waals surface area contributed by atoms with Gasteiger partial charge in [-0.25, -0.2) is 4.57 Å². The highest BCUT2D eigenvalue weighted by atomic mass is 35.5. The normalized spacial score (nSPS) is 10.8. The van der Waals surface area contributed by atoms with Gasteiger partial charge < -0.3 is 0 Å². The van der Waals surface area contributed by atoms with E-state index in [-0.39, 0.29) is 0 Å². The first-order valence-corrected chi connectivity index (χ1v) is 7.29. The van der Waals surface area contributed by atoms with Gasteiger partial charge in [-0.3, -0.25) is 0 Å². The number of benzene rings is 2. The molecule has 0 fully saturated rings. The molecule has 2 aromatic carbocycles. The van der Waals surface area contributed by atoms with E-state index in [1.165, 1.54) is 16.7 Å². The van der Waals surface area contributed by atoms with Crippen molar-refractivity contribution in [1.29, 1.82) is 0 Å². The molecule has 0 radical (unpaired) electrons. The molecular formula is C17H17ClN3+. The first-order chi connectivity index (χ1) is 10.2. The van der Waals surface area contributed by atoms with Crippen molar-refractivity contribution in [2.45, 2.75) is 20.0 Å². The topological polar surface area (TPSA) is 21.7 Å². The van der Waals surface area contributed by atoms with Crippen LogP contribution in [0.4, 0.5) is 0 Å². The van der Waals surface area contributed by atoms with E-state index in [0.717, 1.165) is 18.1 Å². The van der Waals surface area contributed by atoms with Crippen molar-refractivity contribution in [3.63, 3.8) is 0 Å². The summed E-state index contributed by atoms with van der Waals surface area (Å²) < 4.78 is 4.01. The van der Waals surface area contributed by atoms with Crippen LogP contribution in [0.1, 0.15) is 16.7 Å². The van der Waals surface area contributed by atoms with Gasteiger partial charge in [-0.2, -0.15) is 0 Å². The van der Waals surface area contributed by atoms with Gasteiger partial charge >= 0.3 is 0 Å². The number of hydrogen-bond acceptors (Lipinski definition) is 1. The molecule has 3 aromatic rings. The highest BCUT2D eigenvalue weighted by molar-refractivity contribution is 6.30. The summed E-state index contributed by atoms with van der Waals surface area (Å²) in [5.74, 6) is 0. The van der Waals surface area contributed by atoms with Gasteiger partial charge in [-0.15, -0.1) is 4.68 Å². The fourth-order valence-electron chi connectivity index (χ4n) is 2.33. The summed E-state index contributed by atoms with van der Waals surface area (Å²) in [7, 11) is 0. The Morgan fingerprint density at radius 1 is 1.14 bits per heavy atom. The molecule has 1 heterocycles. The van der Waals surface area contributed by atoms with Crippen LogP contribution >= 0.6 is 11.6 Å². The molecule has 106 valence electrons. The lowest BCUT2D eigenvalue weighted by molar-refractivity contribution is -0.689. The molecule has 0 N–H and O–H groups in total. The zero-order valence-corrected chi connectivity index (χ0v) is 12.7. The molecule has 3 nitrogen and oxygen atoms in total. The van der Waals surface area contributed by atoms with Gasteiger partial charge in [0, 0.05) is 10.1 Å². The summed E-state index contributed by atoms with van der Waals surface area (Å²) in [6, 6.07) is 16.3. The molecule has 0 unspecified atom stereocenters. The third-order valence-corrected chi connectivity index (χ3v) is 3.71. The smallest absolute Gasteiger partial charge is 0.233 e. The van der Waals surface area contributed by atoms with Crippen molar-refractivity contribution in [2.24, 2.45) is 0 Å². The number of halogens is 1. The third kappa shape index (κ3) is 3.50. The average molecular weight is 299 g/mol. The van der Waals surface area contributed by atoms with Gasteiger partial charge in [0.2, 0.25) is 6.33 Å². The zero-order chi connectivity index (χ0) is 14.7. The van der Waals surface area contributed by atoms with Crippen molar-refractivity contribution in [2.75, 3.05) is 0 Å². The summed E-state index contributed by atoms with van der Waals surface area (Å²) >= 11 is 6.01. The second-order valence-electron chi connectivity index (χ2n) is 5.17. The minimum atomic E-state index is 0.764. The largest absolute Gasteiger partial charge is 0.265 e. The Bertz CT molecular complexity index is 749. The number of aromatic nitrogens is 3. The van der Waals surface area contributed by atoms with Crippen LogP contribution in [0.2, 0.25) is 5.02 Å². The van der Waals surface area contributed by atoms with E-state index in [2.05, 4.69) is 46.9 Å². The molecule has 0 saturated heterocycles. The summed E-state index contributed by atoms with van der Waals surface area (Å²) in [5.41, 5.74) is 3.74. The van der Waals surface area contributed by atoms with Gasteiger partial charge in [0.1, 0.15) is 6.54 Å². The Morgan fingerprint density at radius 3 is 2.81 bits per heavy atom. The molecule has 0 spiro atoms. The highest BCUT2D eigenvalue weighted by Gasteiger charge is 2.08. The first-order valence-electron chi connectivity index (χ1n) is 6.91. The fraction of sp³-hybridized carbons (Fsp3) is 0.176. The molecule has 1 aromatic heterocycles. The average Bonchev–Trinajstić information content (AvgIpc) is 2.89. The maximum atomic E-state index is 6.01. The maximum Gasteiger partial charge on any atom is 0.265 e. The monoisotopic (exact) mass is 298 g/mol. The molecule has 0 aliphatic carbocycles. The van der Waals surface area contributed by atoms with Crippen LogP contribution in [0.15, 0.2) is 61.2 Å². The summed E-state index contributed by atoms with van der Waals surface area (Å²) in [5, 5.41) is 5.18. The number of aryl methyl sites for hydroxylation is 1. The van der Waals surface area contributed by atoms with Crippen LogP contribution in [0, 0.1) is 6.92 Å². The van der Waals surface area contributed by atoms with Crippen LogP contribution in [-0.2, 0) is 13.1 Å². The fourth-order valence-corrected chi connectivity index (χ4v) is 2.55. The molecule has 0 saturated carbocycles. The molecule has 0 bridgehead atoms. The van der Waals surface area contributed by atoms with Gasteiger partial charge in [-0.1, -0.05) is 48.0 Å². The molecular weight excluding hydrogens is 282 g/mol. The van der Waals surface area contributed by atoms with Crippen molar-refractivity contribution in [3.05, 3.63) is 82.9 Å². The van der Waals surface area contributed by atoms with Crippen LogP contribution in [0.25, 0.3) is 0 Å². The Kier molecular flexibility index (Phi) is 4.02. The molecule has 0 aliphatic rings. The highest BCUT2D eigenvalue weighted by Crippen LogP contribution is 2.10. The van der Waals surface area contributed by atoms with Crippen molar-refractivity contribution in [3.8, 4) is 0 Å². The molecule has 0 atom stereocenters. The van der Waals surface area contributed by atoms with Gasteiger partial charge in [0.15, 0.2) is 0 Å². The lowest BCUT2D eigenvalue weighted by Crippen LogP contribution is -2.31. The van der Waals surface area contributed by atoms with Crippen molar-refractivity contribution in [1.82, 2.24) is 9.78 Å². The van der Waals surface area contributed by atoms with E-state index >= 15 is 0 Å². The van der Waals surface area contributed by atoms with E-state index in [1.807, 2.05) is 35.5 Å². The van der Waals surface area contributed by atoms with E-state index in [0.29, 0.717) is 0 Å². The minimum absolute atomic E-state index is 0.764. The Hall–Kier alpha value is -2.13. The number of hydrogen-bond donors (Lipinski definition) is 0. The predicted molar refractivity (Wildman–Crippen MR) is 83.3 cm³/mol. The first kappa shape index (κ1) is 13.8. The van der Waals surface area contributed by atoms with Crippen LogP contribution in [0.3, 0.4) is 0 Å². The van der Waals surface area contributed by atoms with E-state index in [4.69, 9.17) is 11.6 Å². The summed E-state index contributed by atoms with van der Waals surface area (Å²) in [6.07, 6.45) is 3.87. The molecule has 21 heavy (non-hydrogen) atoms. The Balaban J connectivity index is 1.73. The van der Waals surface area contributed by atoms with Crippen LogP contribution < -0.4 is 4.57 Å². The second-order valence-corrected chi connectivity index (χ2v) is 5.61. The molecule has 0 aliphatic heterocycles. The molecule has 3 rings (SSSR count). The van der Waals surface area contributed by atoms with E-state index < -0.39 is 0 Å². The lowest BCUT2D eigenvalue weighted by atomic mass is 10.1. The minimum Gasteiger partial charge on any atom is -0.233 e. The van der Waals surface area contributed by atoms with Gasteiger partial charge in [0.25, 0.3) is 6.33 Å². The second kappa shape index (κ2) is 6.10. The quantitative estimate of drug-likeness (QED) is 0.678. The van der Waals surface area contributed by atoms with Crippen molar-refractivity contribution < 1.29 is 4.57 Å². The lowest BCUT2D eigenvalue weighted by Gasteiger charge is -2.01.